The summed E-state index contributed by atoms with van der Waals surface area (Å²) in [5.41, 5.74) is 2.09. The van der Waals surface area contributed by atoms with Crippen molar-refractivity contribution in [1.29, 1.82) is 0 Å². The van der Waals surface area contributed by atoms with E-state index in [4.69, 9.17) is 0 Å². The fourth-order valence-corrected chi connectivity index (χ4v) is 3.54. The van der Waals surface area contributed by atoms with Gasteiger partial charge in [0.1, 0.15) is 0 Å². The number of amides is 1. The van der Waals surface area contributed by atoms with Crippen LogP contribution in [0.3, 0.4) is 0 Å². The molecule has 1 atom stereocenters. The summed E-state index contributed by atoms with van der Waals surface area (Å²) in [7, 11) is 0. The first-order valence-electron chi connectivity index (χ1n) is 7.74. The predicted octanol–water partition coefficient (Wildman–Crippen LogP) is 2.93. The van der Waals surface area contributed by atoms with Crippen molar-refractivity contribution in [2.24, 2.45) is 0 Å². The van der Waals surface area contributed by atoms with E-state index < -0.39 is 5.60 Å². The van der Waals surface area contributed by atoms with Gasteiger partial charge in [0.15, 0.2) is 0 Å². The zero-order valence-corrected chi connectivity index (χ0v) is 13.8. The second kappa shape index (κ2) is 7.32. The first-order valence-corrected chi connectivity index (χ1v) is 8.72. The largest absolute Gasteiger partial charge is 0.388 e. The van der Waals surface area contributed by atoms with Crippen LogP contribution in [0.1, 0.15) is 44.2 Å². The van der Waals surface area contributed by atoms with Gasteiger partial charge in [-0.3, -0.25) is 4.79 Å². The minimum atomic E-state index is -0.803. The summed E-state index contributed by atoms with van der Waals surface area (Å²) in [6, 6.07) is 6.51. The number of aliphatic hydroxyl groups is 1. The second-order valence-corrected chi connectivity index (χ2v) is 7.15. The summed E-state index contributed by atoms with van der Waals surface area (Å²) in [5.74, 6) is 0.387. The molecule has 0 bridgehead atoms. The lowest BCUT2D eigenvalue weighted by atomic mass is 10.0. The van der Waals surface area contributed by atoms with Crippen LogP contribution < -0.4 is 5.32 Å². The van der Waals surface area contributed by atoms with Gasteiger partial charge in [0.2, 0.25) is 5.91 Å². The van der Waals surface area contributed by atoms with E-state index in [9.17, 15) is 9.90 Å². The highest BCUT2D eigenvalue weighted by atomic mass is 32.2. The van der Waals surface area contributed by atoms with Crippen LogP contribution in [0.15, 0.2) is 23.1 Å². The lowest BCUT2D eigenvalue weighted by Crippen LogP contribution is -2.41. The number of aryl methyl sites for hydroxylation is 2. The van der Waals surface area contributed by atoms with Gasteiger partial charge in [0.25, 0.3) is 0 Å². The first kappa shape index (κ1) is 16.4. The van der Waals surface area contributed by atoms with Crippen molar-refractivity contribution in [2.75, 3.05) is 12.3 Å². The highest BCUT2D eigenvalue weighted by molar-refractivity contribution is 8.00. The molecule has 1 unspecified atom stereocenters. The average Bonchev–Trinajstić information content (AvgIpc) is 2.90. The summed E-state index contributed by atoms with van der Waals surface area (Å²) in [6.07, 6.45) is 5.21. The molecule has 21 heavy (non-hydrogen) atoms. The quantitative estimate of drug-likeness (QED) is 0.762. The number of hydrogen-bond donors (Lipinski definition) is 2. The Hall–Kier alpha value is -1.00. The average molecular weight is 307 g/mol. The minimum Gasteiger partial charge on any atom is -0.388 e. The van der Waals surface area contributed by atoms with Crippen molar-refractivity contribution in [1.82, 2.24) is 5.32 Å². The zero-order chi connectivity index (χ0) is 15.3. The Balaban J connectivity index is 1.76. The molecule has 3 nitrogen and oxygen atoms in total. The minimum absolute atomic E-state index is 0.0168. The van der Waals surface area contributed by atoms with E-state index in [0.29, 0.717) is 18.7 Å². The Morgan fingerprint density at radius 2 is 2.14 bits per heavy atom. The van der Waals surface area contributed by atoms with Crippen LogP contribution in [0.2, 0.25) is 0 Å². The number of carbonyl (C=O) groups is 1. The van der Waals surface area contributed by atoms with Crippen LogP contribution in [0, 0.1) is 0 Å². The number of fused-ring (bicyclic) bond motifs is 1. The van der Waals surface area contributed by atoms with Crippen LogP contribution in [0.25, 0.3) is 0 Å². The zero-order valence-electron chi connectivity index (χ0n) is 12.9. The van der Waals surface area contributed by atoms with E-state index in [2.05, 4.69) is 23.5 Å². The summed E-state index contributed by atoms with van der Waals surface area (Å²) in [4.78, 5) is 13.0. The molecule has 116 valence electrons. The normalized spacial score (nSPS) is 16.3. The molecule has 1 aromatic rings. The monoisotopic (exact) mass is 307 g/mol. The number of thioether (sulfide) groups is 1. The van der Waals surface area contributed by atoms with Crippen molar-refractivity contribution in [3.05, 3.63) is 29.3 Å². The van der Waals surface area contributed by atoms with Crippen LogP contribution in [-0.4, -0.2) is 28.9 Å². The van der Waals surface area contributed by atoms with E-state index >= 15 is 0 Å². The molecule has 1 aromatic carbocycles. The molecule has 2 N–H and O–H groups in total. The fourth-order valence-electron chi connectivity index (χ4n) is 2.75. The molecule has 1 aliphatic carbocycles. The molecule has 0 fully saturated rings. The van der Waals surface area contributed by atoms with Crippen molar-refractivity contribution in [3.63, 3.8) is 0 Å². The van der Waals surface area contributed by atoms with Crippen molar-refractivity contribution in [2.45, 2.75) is 56.4 Å². The number of rotatable bonds is 7. The molecule has 0 heterocycles. The van der Waals surface area contributed by atoms with Gasteiger partial charge in [-0.25, -0.2) is 0 Å². The predicted molar refractivity (Wildman–Crippen MR) is 87.7 cm³/mol. The molecule has 0 aliphatic heterocycles. The molecule has 4 heteroatoms. The molecule has 0 saturated heterocycles. The number of hydrogen-bond acceptors (Lipinski definition) is 3. The molecule has 0 radical (unpaired) electrons. The van der Waals surface area contributed by atoms with Gasteiger partial charge < -0.3 is 10.4 Å². The molecule has 0 aromatic heterocycles. The van der Waals surface area contributed by atoms with E-state index in [1.54, 1.807) is 18.7 Å². The Labute approximate surface area is 131 Å². The SMILES string of the molecule is CCCC(C)(O)CNC(=O)CSc1ccc2c(c1)CCC2. The molecule has 2 rings (SSSR count). The molecule has 1 aliphatic rings. The maximum atomic E-state index is 11.9. The van der Waals surface area contributed by atoms with Crippen LogP contribution in [-0.2, 0) is 17.6 Å². The van der Waals surface area contributed by atoms with Crippen molar-refractivity contribution in [3.8, 4) is 0 Å². The van der Waals surface area contributed by atoms with Gasteiger partial charge >= 0.3 is 0 Å². The lowest BCUT2D eigenvalue weighted by Gasteiger charge is -2.22. The standard InChI is InChI=1S/C17H25NO2S/c1-3-9-17(2,20)12-18-16(19)11-21-15-8-7-13-5-4-6-14(13)10-15/h7-8,10,20H,3-6,9,11-12H2,1-2H3,(H,18,19). The van der Waals surface area contributed by atoms with E-state index in [0.717, 1.165) is 17.7 Å². The van der Waals surface area contributed by atoms with E-state index in [-0.39, 0.29) is 5.91 Å². The van der Waals surface area contributed by atoms with Crippen LogP contribution in [0.5, 0.6) is 0 Å². The van der Waals surface area contributed by atoms with Gasteiger partial charge in [-0.15, -0.1) is 11.8 Å². The number of benzene rings is 1. The molecule has 1 amide bonds. The smallest absolute Gasteiger partial charge is 0.230 e. The van der Waals surface area contributed by atoms with Crippen LogP contribution in [0.4, 0.5) is 0 Å². The van der Waals surface area contributed by atoms with Gasteiger partial charge in [-0.2, -0.15) is 0 Å². The Morgan fingerprint density at radius 3 is 2.90 bits per heavy atom. The molecule has 0 saturated carbocycles. The fraction of sp³-hybridized carbons (Fsp3) is 0.588. The Kier molecular flexibility index (Phi) is 5.71. The lowest BCUT2D eigenvalue weighted by molar-refractivity contribution is -0.119. The third kappa shape index (κ3) is 5.04. The highest BCUT2D eigenvalue weighted by Gasteiger charge is 2.19. The second-order valence-electron chi connectivity index (χ2n) is 6.10. The first-order chi connectivity index (χ1) is 10.00. The maximum Gasteiger partial charge on any atom is 0.230 e. The molecular formula is C17H25NO2S. The van der Waals surface area contributed by atoms with E-state index in [1.165, 1.54) is 24.0 Å². The van der Waals surface area contributed by atoms with Gasteiger partial charge in [0, 0.05) is 11.4 Å². The third-order valence-corrected chi connectivity index (χ3v) is 4.89. The van der Waals surface area contributed by atoms with Gasteiger partial charge in [-0.05, 0) is 55.9 Å². The summed E-state index contributed by atoms with van der Waals surface area (Å²) < 4.78 is 0. The Morgan fingerprint density at radius 1 is 1.38 bits per heavy atom. The summed E-state index contributed by atoms with van der Waals surface area (Å²) in [5, 5.41) is 12.9. The molecular weight excluding hydrogens is 282 g/mol. The summed E-state index contributed by atoms with van der Waals surface area (Å²) in [6.45, 7) is 4.12. The summed E-state index contributed by atoms with van der Waals surface area (Å²) >= 11 is 1.56. The van der Waals surface area contributed by atoms with Crippen molar-refractivity contribution < 1.29 is 9.90 Å². The number of nitrogens with one attached hydrogen (secondary N) is 1. The Bertz CT molecular complexity index is 500. The number of carbonyl (C=O) groups excluding carboxylic acids is 1. The molecule has 0 spiro atoms. The highest BCUT2D eigenvalue weighted by Crippen LogP contribution is 2.27. The topological polar surface area (TPSA) is 49.3 Å². The van der Waals surface area contributed by atoms with E-state index in [1.807, 2.05) is 6.92 Å². The van der Waals surface area contributed by atoms with Crippen molar-refractivity contribution >= 4 is 17.7 Å². The van der Waals surface area contributed by atoms with Gasteiger partial charge in [0.05, 0.1) is 11.4 Å². The van der Waals surface area contributed by atoms with Crippen LogP contribution >= 0.6 is 11.8 Å². The third-order valence-electron chi connectivity index (χ3n) is 3.89. The van der Waals surface area contributed by atoms with Gasteiger partial charge in [-0.1, -0.05) is 19.4 Å². The maximum absolute atomic E-state index is 11.9.